The van der Waals surface area contributed by atoms with Gasteiger partial charge in [-0.05, 0) is 48.9 Å². The van der Waals surface area contributed by atoms with E-state index in [-0.39, 0.29) is 11.3 Å². The number of amides is 1. The summed E-state index contributed by atoms with van der Waals surface area (Å²) in [5.41, 5.74) is 5.14. The summed E-state index contributed by atoms with van der Waals surface area (Å²) in [7, 11) is 0. The summed E-state index contributed by atoms with van der Waals surface area (Å²) in [6.45, 7) is 4.18. The molecule has 1 aliphatic rings. The van der Waals surface area contributed by atoms with Gasteiger partial charge in [0.2, 0.25) is 5.91 Å². The van der Waals surface area contributed by atoms with E-state index in [1.807, 2.05) is 18.3 Å². The normalized spacial score (nSPS) is 15.4. The summed E-state index contributed by atoms with van der Waals surface area (Å²) in [6.07, 6.45) is 4.75. The van der Waals surface area contributed by atoms with E-state index in [0.29, 0.717) is 0 Å². The maximum atomic E-state index is 13.1. The number of rotatable bonds is 4. The molecule has 122 valence electrons. The Labute approximate surface area is 142 Å². The highest BCUT2D eigenvalue weighted by atomic mass is 16.2. The Morgan fingerprint density at radius 2 is 1.96 bits per heavy atom. The van der Waals surface area contributed by atoms with Gasteiger partial charge < -0.3 is 10.3 Å². The van der Waals surface area contributed by atoms with Gasteiger partial charge in [0.25, 0.3) is 0 Å². The largest absolute Gasteiger partial charge is 0.361 e. The highest BCUT2D eigenvalue weighted by Gasteiger charge is 2.52. The van der Waals surface area contributed by atoms with Crippen LogP contribution in [-0.4, -0.2) is 10.9 Å². The first-order chi connectivity index (χ1) is 11.7. The van der Waals surface area contributed by atoms with Gasteiger partial charge in [-0.2, -0.15) is 0 Å². The number of aryl methyl sites for hydroxylation is 2. The van der Waals surface area contributed by atoms with Crippen LogP contribution in [0, 0.1) is 6.92 Å². The number of aromatic nitrogens is 1. The second-order valence-corrected chi connectivity index (χ2v) is 6.75. The number of fused-ring (bicyclic) bond motifs is 1. The van der Waals surface area contributed by atoms with E-state index >= 15 is 0 Å². The number of aromatic amines is 1. The van der Waals surface area contributed by atoms with Crippen molar-refractivity contribution in [2.45, 2.75) is 38.5 Å². The number of carbonyl (C=O) groups excluding carboxylic acids is 1. The monoisotopic (exact) mass is 318 g/mol. The Morgan fingerprint density at radius 1 is 1.17 bits per heavy atom. The van der Waals surface area contributed by atoms with Crippen LogP contribution < -0.4 is 5.32 Å². The maximum absolute atomic E-state index is 13.1. The molecule has 0 atom stereocenters. The molecule has 0 aliphatic heterocycles. The van der Waals surface area contributed by atoms with E-state index in [2.05, 4.69) is 54.5 Å². The summed E-state index contributed by atoms with van der Waals surface area (Å²) >= 11 is 0. The molecule has 1 aliphatic carbocycles. The number of hydrogen-bond acceptors (Lipinski definition) is 1. The van der Waals surface area contributed by atoms with E-state index in [0.717, 1.165) is 47.0 Å². The molecule has 1 saturated carbocycles. The Hall–Kier alpha value is -2.55. The van der Waals surface area contributed by atoms with Crippen LogP contribution in [0.2, 0.25) is 0 Å². The first-order valence-corrected chi connectivity index (χ1v) is 8.62. The molecule has 3 heteroatoms. The lowest BCUT2D eigenvalue weighted by atomic mass is 9.94. The van der Waals surface area contributed by atoms with Gasteiger partial charge in [-0.1, -0.05) is 43.3 Å². The Balaban J connectivity index is 1.70. The van der Waals surface area contributed by atoms with Gasteiger partial charge >= 0.3 is 0 Å². The first-order valence-electron chi connectivity index (χ1n) is 8.62. The van der Waals surface area contributed by atoms with E-state index in [4.69, 9.17) is 0 Å². The molecule has 2 N–H and O–H groups in total. The third-order valence-electron chi connectivity index (χ3n) is 5.27. The lowest BCUT2D eigenvalue weighted by Gasteiger charge is -2.18. The molecule has 4 rings (SSSR count). The van der Waals surface area contributed by atoms with Gasteiger partial charge in [0.05, 0.1) is 5.41 Å². The lowest BCUT2D eigenvalue weighted by molar-refractivity contribution is -0.118. The smallest absolute Gasteiger partial charge is 0.235 e. The molecule has 0 radical (unpaired) electrons. The van der Waals surface area contributed by atoms with Gasteiger partial charge in [-0.3, -0.25) is 4.79 Å². The number of para-hydroxylation sites is 2. The van der Waals surface area contributed by atoms with Crippen molar-refractivity contribution in [1.82, 2.24) is 4.98 Å². The van der Waals surface area contributed by atoms with E-state index in [9.17, 15) is 4.79 Å². The summed E-state index contributed by atoms with van der Waals surface area (Å²) in [5.74, 6) is 0.122. The van der Waals surface area contributed by atoms with Crippen molar-refractivity contribution in [1.29, 1.82) is 0 Å². The van der Waals surface area contributed by atoms with Crippen LogP contribution in [0.4, 0.5) is 5.69 Å². The van der Waals surface area contributed by atoms with Gasteiger partial charge in [-0.25, -0.2) is 0 Å². The highest BCUT2D eigenvalue weighted by Crippen LogP contribution is 2.51. The molecule has 0 spiro atoms. The first kappa shape index (κ1) is 15.0. The van der Waals surface area contributed by atoms with Crippen molar-refractivity contribution in [3.05, 3.63) is 65.4 Å². The zero-order valence-corrected chi connectivity index (χ0v) is 14.1. The number of carbonyl (C=O) groups is 1. The zero-order chi connectivity index (χ0) is 16.7. The van der Waals surface area contributed by atoms with Crippen LogP contribution in [0.3, 0.4) is 0 Å². The fourth-order valence-corrected chi connectivity index (χ4v) is 3.65. The quantitative estimate of drug-likeness (QED) is 0.719. The SMILES string of the molecule is CCc1cccc(C)c1NC(=O)C1(c2c[nH]c3ccccc23)CC1. The molecule has 3 nitrogen and oxygen atoms in total. The van der Waals surface area contributed by atoms with E-state index in [1.54, 1.807) is 0 Å². The second-order valence-electron chi connectivity index (χ2n) is 6.75. The number of benzene rings is 2. The fourth-order valence-electron chi connectivity index (χ4n) is 3.65. The van der Waals surface area contributed by atoms with Crippen molar-refractivity contribution in [2.75, 3.05) is 5.32 Å². The summed E-state index contributed by atoms with van der Waals surface area (Å²) in [6, 6.07) is 14.4. The van der Waals surface area contributed by atoms with Crippen molar-refractivity contribution < 1.29 is 4.79 Å². The van der Waals surface area contributed by atoms with Crippen LogP contribution in [-0.2, 0) is 16.6 Å². The Morgan fingerprint density at radius 3 is 2.71 bits per heavy atom. The minimum Gasteiger partial charge on any atom is -0.361 e. The minimum absolute atomic E-state index is 0.122. The molecule has 24 heavy (non-hydrogen) atoms. The van der Waals surface area contributed by atoms with Crippen LogP contribution in [0.1, 0.15) is 36.5 Å². The molecule has 1 heterocycles. The topological polar surface area (TPSA) is 44.9 Å². The standard InChI is InChI=1S/C21H22N2O/c1-3-15-8-6-7-14(2)19(15)23-20(24)21(11-12-21)17-13-22-18-10-5-4-9-16(17)18/h4-10,13,22H,3,11-12H2,1-2H3,(H,23,24). The molecule has 3 aromatic rings. The molecule has 1 fully saturated rings. The molecular formula is C21H22N2O. The highest BCUT2D eigenvalue weighted by molar-refractivity contribution is 6.05. The van der Waals surface area contributed by atoms with Gasteiger partial charge in [-0.15, -0.1) is 0 Å². The zero-order valence-electron chi connectivity index (χ0n) is 14.1. The van der Waals surface area contributed by atoms with Crippen LogP contribution in [0.15, 0.2) is 48.7 Å². The molecule has 0 bridgehead atoms. The van der Waals surface area contributed by atoms with Crippen LogP contribution in [0.5, 0.6) is 0 Å². The number of hydrogen-bond donors (Lipinski definition) is 2. The summed E-state index contributed by atoms with van der Waals surface area (Å²) in [4.78, 5) is 16.4. The molecule has 1 amide bonds. The Kier molecular flexibility index (Phi) is 3.45. The van der Waals surface area contributed by atoms with Crippen LogP contribution in [0.25, 0.3) is 10.9 Å². The van der Waals surface area contributed by atoms with Gasteiger partial charge in [0, 0.05) is 22.8 Å². The predicted molar refractivity (Wildman–Crippen MR) is 98.4 cm³/mol. The number of anilines is 1. The fraction of sp³-hybridized carbons (Fsp3) is 0.286. The van der Waals surface area contributed by atoms with Gasteiger partial charge in [0.15, 0.2) is 0 Å². The molecule has 2 aromatic carbocycles. The number of nitrogens with one attached hydrogen (secondary N) is 2. The van der Waals surface area contributed by atoms with Crippen molar-refractivity contribution in [3.8, 4) is 0 Å². The molecular weight excluding hydrogens is 296 g/mol. The molecule has 1 aromatic heterocycles. The Bertz CT molecular complexity index is 918. The molecule has 0 saturated heterocycles. The average molecular weight is 318 g/mol. The van der Waals surface area contributed by atoms with E-state index < -0.39 is 0 Å². The van der Waals surface area contributed by atoms with Crippen molar-refractivity contribution in [3.63, 3.8) is 0 Å². The molecule has 0 unspecified atom stereocenters. The third kappa shape index (κ3) is 2.23. The lowest BCUT2D eigenvalue weighted by Crippen LogP contribution is -2.28. The van der Waals surface area contributed by atoms with Crippen molar-refractivity contribution in [2.24, 2.45) is 0 Å². The maximum Gasteiger partial charge on any atom is 0.235 e. The summed E-state index contributed by atoms with van der Waals surface area (Å²) in [5, 5.41) is 4.39. The average Bonchev–Trinajstić information content (AvgIpc) is 3.29. The predicted octanol–water partition coefficient (Wildman–Crippen LogP) is 4.71. The third-order valence-corrected chi connectivity index (χ3v) is 5.27. The van der Waals surface area contributed by atoms with Crippen LogP contribution >= 0.6 is 0 Å². The van der Waals surface area contributed by atoms with Crippen molar-refractivity contribution >= 4 is 22.5 Å². The summed E-state index contributed by atoms with van der Waals surface area (Å²) < 4.78 is 0. The van der Waals surface area contributed by atoms with E-state index in [1.165, 1.54) is 5.56 Å². The second kappa shape index (κ2) is 5.52. The van der Waals surface area contributed by atoms with Gasteiger partial charge in [0.1, 0.15) is 0 Å². The minimum atomic E-state index is -0.382. The number of H-pyrrole nitrogens is 1.